The summed E-state index contributed by atoms with van der Waals surface area (Å²) in [6.45, 7) is 7.72. The molecule has 1 amide bonds. The molecule has 2 aromatic carbocycles. The minimum absolute atomic E-state index is 0.0971. The van der Waals surface area contributed by atoms with Crippen LogP contribution in [0.5, 0.6) is 0 Å². The number of carbonyl (C=O) groups is 1. The van der Waals surface area contributed by atoms with Crippen LogP contribution in [0, 0.1) is 6.92 Å². The molecule has 4 aromatic rings. The van der Waals surface area contributed by atoms with E-state index in [9.17, 15) is 18.0 Å². The normalized spacial score (nSPS) is 17.7. The number of aromatic nitrogens is 2. The number of hydrogen-bond donors (Lipinski definition) is 0. The second-order valence-corrected chi connectivity index (χ2v) is 11.4. The Kier molecular flexibility index (Phi) is 8.00. The van der Waals surface area contributed by atoms with Gasteiger partial charge in [-0.05, 0) is 85.8 Å². The van der Waals surface area contributed by atoms with Gasteiger partial charge in [-0.25, -0.2) is 4.98 Å². The molecule has 0 bridgehead atoms. The van der Waals surface area contributed by atoms with E-state index < -0.39 is 11.7 Å². The molecular formula is C32H34F3N5O2. The summed E-state index contributed by atoms with van der Waals surface area (Å²) in [5, 5.41) is 0. The Hall–Kier alpha value is -3.76. The Morgan fingerprint density at radius 2 is 1.55 bits per heavy atom. The zero-order valence-corrected chi connectivity index (χ0v) is 23.6. The van der Waals surface area contributed by atoms with Crippen molar-refractivity contribution >= 4 is 17.0 Å². The third-order valence-corrected chi connectivity index (χ3v) is 8.38. The number of benzene rings is 2. The number of aryl methyl sites for hydroxylation is 1. The Balaban J connectivity index is 1.02. The molecule has 2 saturated heterocycles. The number of alkyl halides is 3. The fourth-order valence-electron chi connectivity index (χ4n) is 5.86. The van der Waals surface area contributed by atoms with Crippen LogP contribution in [0.1, 0.15) is 57.4 Å². The maximum Gasteiger partial charge on any atom is 0.416 e. The van der Waals surface area contributed by atoms with Crippen LogP contribution in [0.2, 0.25) is 0 Å². The number of piperidine rings is 1. The van der Waals surface area contributed by atoms with Crippen LogP contribution in [0.3, 0.4) is 0 Å². The number of fused-ring (bicyclic) bond motifs is 1. The van der Waals surface area contributed by atoms with Crippen molar-refractivity contribution in [3.63, 3.8) is 0 Å². The van der Waals surface area contributed by atoms with Gasteiger partial charge in [0.25, 0.3) is 5.89 Å². The lowest BCUT2D eigenvalue weighted by atomic mass is 9.89. The SMILES string of the molecule is Cc1ccc(CN2CCC(c3ccc4nc(C(=O)N5CCN(Cc6ccc(C(F)(F)F)cc6)CC5)oc4c3)CC2)cn1. The van der Waals surface area contributed by atoms with Crippen molar-refractivity contribution in [3.8, 4) is 0 Å². The van der Waals surface area contributed by atoms with Crippen LogP contribution >= 0.6 is 0 Å². The van der Waals surface area contributed by atoms with Gasteiger partial charge in [-0.2, -0.15) is 13.2 Å². The van der Waals surface area contributed by atoms with E-state index in [1.807, 2.05) is 25.3 Å². The molecule has 0 radical (unpaired) electrons. The minimum atomic E-state index is -4.34. The molecule has 4 heterocycles. The van der Waals surface area contributed by atoms with Gasteiger partial charge in [0.15, 0.2) is 5.58 Å². The number of likely N-dealkylation sites (tertiary alicyclic amines) is 1. The van der Waals surface area contributed by atoms with Crippen molar-refractivity contribution in [1.29, 1.82) is 0 Å². The summed E-state index contributed by atoms with van der Waals surface area (Å²) < 4.78 is 44.4. The number of carbonyl (C=O) groups excluding carboxylic acids is 1. The Labute approximate surface area is 242 Å². The van der Waals surface area contributed by atoms with Crippen LogP contribution in [0.4, 0.5) is 13.2 Å². The van der Waals surface area contributed by atoms with Crippen LogP contribution in [-0.4, -0.2) is 69.8 Å². The summed E-state index contributed by atoms with van der Waals surface area (Å²) in [5.74, 6) is 0.296. The predicted molar refractivity (Wildman–Crippen MR) is 153 cm³/mol. The van der Waals surface area contributed by atoms with E-state index >= 15 is 0 Å². The number of nitrogens with zero attached hydrogens (tertiary/aromatic N) is 5. The van der Waals surface area contributed by atoms with Gasteiger partial charge in [0, 0.05) is 51.2 Å². The van der Waals surface area contributed by atoms with Crippen LogP contribution < -0.4 is 0 Å². The lowest BCUT2D eigenvalue weighted by Crippen LogP contribution is -2.48. The molecule has 0 aliphatic carbocycles. The Bertz CT molecular complexity index is 1520. The van der Waals surface area contributed by atoms with Crippen molar-refractivity contribution in [2.75, 3.05) is 39.3 Å². The third-order valence-electron chi connectivity index (χ3n) is 8.38. The van der Waals surface area contributed by atoms with Crippen molar-refractivity contribution in [1.82, 2.24) is 24.7 Å². The molecule has 0 atom stereocenters. The van der Waals surface area contributed by atoms with Crippen LogP contribution in [0.15, 0.2) is 65.2 Å². The molecule has 42 heavy (non-hydrogen) atoms. The molecule has 2 aliphatic rings. The maximum atomic E-state index is 13.2. The van der Waals surface area contributed by atoms with Crippen molar-refractivity contribution in [3.05, 3.63) is 94.6 Å². The van der Waals surface area contributed by atoms with E-state index in [1.54, 1.807) is 4.90 Å². The highest BCUT2D eigenvalue weighted by molar-refractivity contribution is 5.92. The lowest BCUT2D eigenvalue weighted by Gasteiger charge is -2.34. The van der Waals surface area contributed by atoms with Gasteiger partial charge in [-0.15, -0.1) is 0 Å². The van der Waals surface area contributed by atoms with Gasteiger partial charge in [0.05, 0.1) is 5.56 Å². The standard InChI is InChI=1S/C32H34F3N5O2/c1-22-2-3-24(19-36-22)21-38-12-10-25(11-13-38)26-6-9-28-29(18-26)42-30(37-28)31(41)40-16-14-39(15-17-40)20-23-4-7-27(8-5-23)32(33,34)35/h2-9,18-19,25H,10-17,20-21H2,1H3. The van der Waals surface area contributed by atoms with Crippen LogP contribution in [-0.2, 0) is 19.3 Å². The number of piperazine rings is 1. The van der Waals surface area contributed by atoms with E-state index in [0.717, 1.165) is 55.9 Å². The first-order valence-electron chi connectivity index (χ1n) is 14.4. The van der Waals surface area contributed by atoms with Gasteiger partial charge in [-0.3, -0.25) is 19.6 Å². The monoisotopic (exact) mass is 577 g/mol. The fourth-order valence-corrected chi connectivity index (χ4v) is 5.86. The minimum Gasteiger partial charge on any atom is -0.432 e. The number of oxazole rings is 1. The van der Waals surface area contributed by atoms with E-state index in [-0.39, 0.29) is 11.8 Å². The molecule has 0 unspecified atom stereocenters. The summed E-state index contributed by atoms with van der Waals surface area (Å²) >= 11 is 0. The zero-order valence-electron chi connectivity index (χ0n) is 23.6. The maximum absolute atomic E-state index is 13.2. The van der Waals surface area contributed by atoms with E-state index in [2.05, 4.69) is 38.0 Å². The highest BCUT2D eigenvalue weighted by atomic mass is 19.4. The molecule has 2 fully saturated rings. The summed E-state index contributed by atoms with van der Waals surface area (Å²) in [6.07, 6.45) is -0.265. The summed E-state index contributed by atoms with van der Waals surface area (Å²) in [6, 6.07) is 15.5. The molecule has 2 aliphatic heterocycles. The second-order valence-electron chi connectivity index (χ2n) is 11.4. The smallest absolute Gasteiger partial charge is 0.416 e. The molecule has 0 spiro atoms. The lowest BCUT2D eigenvalue weighted by molar-refractivity contribution is -0.137. The topological polar surface area (TPSA) is 65.7 Å². The number of halogens is 3. The summed E-state index contributed by atoms with van der Waals surface area (Å²) in [4.78, 5) is 28.4. The summed E-state index contributed by atoms with van der Waals surface area (Å²) in [5.41, 5.74) is 4.95. The van der Waals surface area contributed by atoms with E-state index in [0.29, 0.717) is 49.7 Å². The number of pyridine rings is 1. The number of rotatable bonds is 6. The summed E-state index contributed by atoms with van der Waals surface area (Å²) in [7, 11) is 0. The van der Waals surface area contributed by atoms with Gasteiger partial charge >= 0.3 is 12.1 Å². The van der Waals surface area contributed by atoms with Crippen molar-refractivity contribution < 1.29 is 22.4 Å². The largest absolute Gasteiger partial charge is 0.432 e. The molecule has 0 saturated carbocycles. The predicted octanol–water partition coefficient (Wildman–Crippen LogP) is 5.89. The fraction of sp³-hybridized carbons (Fsp3) is 0.406. The average molecular weight is 578 g/mol. The second kappa shape index (κ2) is 11.9. The van der Waals surface area contributed by atoms with Gasteiger partial charge in [0.2, 0.25) is 0 Å². The third kappa shape index (κ3) is 6.50. The van der Waals surface area contributed by atoms with Gasteiger partial charge < -0.3 is 9.32 Å². The molecule has 10 heteroatoms. The van der Waals surface area contributed by atoms with Crippen LogP contribution in [0.25, 0.3) is 11.1 Å². The molecule has 6 rings (SSSR count). The molecule has 2 aromatic heterocycles. The first kappa shape index (κ1) is 28.4. The first-order chi connectivity index (χ1) is 20.2. The van der Waals surface area contributed by atoms with Gasteiger partial charge in [0.1, 0.15) is 5.52 Å². The van der Waals surface area contributed by atoms with Crippen molar-refractivity contribution in [2.45, 2.75) is 44.9 Å². The van der Waals surface area contributed by atoms with E-state index in [1.165, 1.54) is 23.3 Å². The highest BCUT2D eigenvalue weighted by Crippen LogP contribution is 2.32. The Morgan fingerprint density at radius 1 is 0.881 bits per heavy atom. The number of hydrogen-bond acceptors (Lipinski definition) is 6. The van der Waals surface area contributed by atoms with Gasteiger partial charge in [-0.1, -0.05) is 24.3 Å². The Morgan fingerprint density at radius 3 is 2.21 bits per heavy atom. The van der Waals surface area contributed by atoms with Crippen molar-refractivity contribution in [2.24, 2.45) is 0 Å². The molecule has 0 N–H and O–H groups in total. The average Bonchev–Trinajstić information content (AvgIpc) is 3.42. The number of amides is 1. The molecule has 220 valence electrons. The first-order valence-corrected chi connectivity index (χ1v) is 14.4. The molecule has 7 nitrogen and oxygen atoms in total. The van der Waals surface area contributed by atoms with E-state index in [4.69, 9.17) is 4.42 Å². The molecular weight excluding hydrogens is 543 g/mol. The highest BCUT2D eigenvalue weighted by Gasteiger charge is 2.30. The zero-order chi connectivity index (χ0) is 29.3. The quantitative estimate of drug-likeness (QED) is 0.285.